The van der Waals surface area contributed by atoms with E-state index in [2.05, 4.69) is 4.90 Å². The van der Waals surface area contributed by atoms with Crippen molar-refractivity contribution >= 4 is 21.7 Å². The highest BCUT2D eigenvalue weighted by atomic mass is 32.2. The molecule has 1 aromatic heterocycles. The minimum absolute atomic E-state index is 0.0759. The van der Waals surface area contributed by atoms with Crippen LogP contribution in [0.3, 0.4) is 0 Å². The van der Waals surface area contributed by atoms with Crippen molar-refractivity contribution in [2.24, 2.45) is 0 Å². The van der Waals surface area contributed by atoms with Crippen LogP contribution in [0.15, 0.2) is 45.7 Å². The summed E-state index contributed by atoms with van der Waals surface area (Å²) in [6.45, 7) is 3.28. The molecule has 1 aromatic carbocycles. The molecule has 3 rings (SSSR count). The Balaban J connectivity index is 1.77. The number of piperazine rings is 1. The van der Waals surface area contributed by atoms with Gasteiger partial charge in [0.25, 0.3) is 0 Å². The van der Waals surface area contributed by atoms with Crippen molar-refractivity contribution in [1.29, 1.82) is 0 Å². The monoisotopic (exact) mass is 350 g/mol. The molecular weight excluding hydrogens is 332 g/mol. The van der Waals surface area contributed by atoms with Gasteiger partial charge in [-0.25, -0.2) is 13.2 Å². The number of hydrogen-bond acceptors (Lipinski definition) is 5. The van der Waals surface area contributed by atoms with Gasteiger partial charge in [-0.3, -0.25) is 0 Å². The molecule has 1 N–H and O–H groups in total. The normalized spacial score (nSPS) is 16.3. The minimum Gasteiger partial charge on any atom is -0.475 e. The Morgan fingerprint density at radius 2 is 1.75 bits per heavy atom. The fraction of sp³-hybridized carbons (Fsp3) is 0.312. The zero-order valence-electron chi connectivity index (χ0n) is 13.2. The standard InChI is InChI=1S/C16H18N2O5S/c1-12-15(11-14(23-12)16(19)20)24(21,22)18-9-7-17(8-10-18)13-5-3-2-4-6-13/h2-6,11H,7-10H2,1H3,(H,19,20). The predicted molar refractivity (Wildman–Crippen MR) is 87.8 cm³/mol. The van der Waals surface area contributed by atoms with Crippen LogP contribution in [0.2, 0.25) is 0 Å². The van der Waals surface area contributed by atoms with E-state index in [0.717, 1.165) is 11.8 Å². The molecule has 0 radical (unpaired) electrons. The number of nitrogens with zero attached hydrogens (tertiary/aromatic N) is 2. The maximum Gasteiger partial charge on any atom is 0.371 e. The van der Waals surface area contributed by atoms with E-state index in [0.29, 0.717) is 26.2 Å². The lowest BCUT2D eigenvalue weighted by Gasteiger charge is -2.35. The molecular formula is C16H18N2O5S. The number of carboxylic acid groups (broad SMARTS) is 1. The van der Waals surface area contributed by atoms with Crippen molar-refractivity contribution in [1.82, 2.24) is 4.31 Å². The van der Waals surface area contributed by atoms with Crippen LogP contribution < -0.4 is 4.90 Å². The number of benzene rings is 1. The topological polar surface area (TPSA) is 91.1 Å². The molecule has 0 amide bonds. The third kappa shape index (κ3) is 3.02. The molecule has 0 unspecified atom stereocenters. The second-order valence-corrected chi connectivity index (χ2v) is 7.47. The Hall–Kier alpha value is -2.32. The zero-order valence-corrected chi connectivity index (χ0v) is 14.0. The van der Waals surface area contributed by atoms with Crippen LogP contribution in [-0.2, 0) is 10.0 Å². The third-order valence-electron chi connectivity index (χ3n) is 4.06. The third-order valence-corrected chi connectivity index (χ3v) is 6.07. The lowest BCUT2D eigenvalue weighted by Crippen LogP contribution is -2.48. The van der Waals surface area contributed by atoms with E-state index in [1.54, 1.807) is 0 Å². The van der Waals surface area contributed by atoms with Gasteiger partial charge in [-0.2, -0.15) is 4.31 Å². The molecule has 128 valence electrons. The Kier molecular flexibility index (Phi) is 4.33. The number of furan rings is 1. The number of para-hydroxylation sites is 1. The zero-order chi connectivity index (χ0) is 17.3. The predicted octanol–water partition coefficient (Wildman–Crippen LogP) is 1.80. The molecule has 7 nitrogen and oxygen atoms in total. The van der Waals surface area contributed by atoms with Gasteiger partial charge in [0.2, 0.25) is 15.8 Å². The van der Waals surface area contributed by atoms with E-state index >= 15 is 0 Å². The highest BCUT2D eigenvalue weighted by Crippen LogP contribution is 2.25. The lowest BCUT2D eigenvalue weighted by molar-refractivity contribution is 0.0661. The van der Waals surface area contributed by atoms with Crippen molar-refractivity contribution in [3.05, 3.63) is 47.9 Å². The first-order chi connectivity index (χ1) is 11.4. The van der Waals surface area contributed by atoms with Crippen molar-refractivity contribution in [3.63, 3.8) is 0 Å². The van der Waals surface area contributed by atoms with Crippen molar-refractivity contribution in [3.8, 4) is 0 Å². The smallest absolute Gasteiger partial charge is 0.371 e. The van der Waals surface area contributed by atoms with Crippen molar-refractivity contribution in [2.45, 2.75) is 11.8 Å². The molecule has 0 bridgehead atoms. The van der Waals surface area contributed by atoms with Gasteiger partial charge in [-0.05, 0) is 19.1 Å². The summed E-state index contributed by atoms with van der Waals surface area (Å²) in [5.74, 6) is -1.56. The van der Waals surface area contributed by atoms with Gasteiger partial charge in [0.15, 0.2) is 0 Å². The molecule has 0 aliphatic carbocycles. The largest absolute Gasteiger partial charge is 0.475 e. The maximum absolute atomic E-state index is 12.7. The average Bonchev–Trinajstić information content (AvgIpc) is 2.99. The van der Waals surface area contributed by atoms with Crippen LogP contribution in [0, 0.1) is 6.92 Å². The molecule has 0 atom stereocenters. The SMILES string of the molecule is Cc1oc(C(=O)O)cc1S(=O)(=O)N1CCN(c2ccccc2)CC1. The van der Waals surface area contributed by atoms with E-state index in [9.17, 15) is 13.2 Å². The van der Waals surface area contributed by atoms with Gasteiger partial charge >= 0.3 is 5.97 Å². The van der Waals surface area contributed by atoms with Crippen LogP contribution in [0.4, 0.5) is 5.69 Å². The van der Waals surface area contributed by atoms with Crippen LogP contribution in [0.5, 0.6) is 0 Å². The molecule has 0 saturated carbocycles. The number of anilines is 1. The first-order valence-corrected chi connectivity index (χ1v) is 8.97. The number of carboxylic acids is 1. The average molecular weight is 350 g/mol. The quantitative estimate of drug-likeness (QED) is 0.904. The van der Waals surface area contributed by atoms with Crippen LogP contribution in [0.1, 0.15) is 16.3 Å². The molecule has 2 aromatic rings. The number of aryl methyl sites for hydroxylation is 1. The second kappa shape index (κ2) is 6.29. The first kappa shape index (κ1) is 16.5. The molecule has 8 heteroatoms. The van der Waals surface area contributed by atoms with Crippen LogP contribution in [0.25, 0.3) is 0 Å². The van der Waals surface area contributed by atoms with E-state index in [4.69, 9.17) is 9.52 Å². The molecule has 0 spiro atoms. The Morgan fingerprint density at radius 3 is 2.29 bits per heavy atom. The summed E-state index contributed by atoms with van der Waals surface area (Å²) in [5, 5.41) is 8.95. The number of hydrogen-bond donors (Lipinski definition) is 1. The molecule has 1 aliphatic rings. The van der Waals surface area contributed by atoms with Crippen LogP contribution in [-0.4, -0.2) is 50.0 Å². The first-order valence-electron chi connectivity index (χ1n) is 7.53. The highest BCUT2D eigenvalue weighted by molar-refractivity contribution is 7.89. The number of carbonyl (C=O) groups is 1. The summed E-state index contributed by atoms with van der Waals surface area (Å²) in [4.78, 5) is 13.0. The van der Waals surface area contributed by atoms with Crippen LogP contribution >= 0.6 is 0 Å². The summed E-state index contributed by atoms with van der Waals surface area (Å²) in [6, 6.07) is 10.9. The Bertz CT molecular complexity index is 837. The van der Waals surface area contributed by atoms with Gasteiger partial charge in [0.1, 0.15) is 10.7 Å². The molecule has 1 aliphatic heterocycles. The second-order valence-electron chi connectivity index (χ2n) is 5.56. The van der Waals surface area contributed by atoms with E-state index in [1.165, 1.54) is 11.2 Å². The molecule has 2 heterocycles. The van der Waals surface area contributed by atoms with Gasteiger partial charge < -0.3 is 14.4 Å². The maximum atomic E-state index is 12.7. The number of sulfonamides is 1. The van der Waals surface area contributed by atoms with E-state index in [1.807, 2.05) is 30.3 Å². The number of rotatable bonds is 4. The molecule has 1 fully saturated rings. The molecule has 1 saturated heterocycles. The summed E-state index contributed by atoms with van der Waals surface area (Å²) in [7, 11) is -3.76. The Morgan fingerprint density at radius 1 is 1.12 bits per heavy atom. The van der Waals surface area contributed by atoms with Gasteiger partial charge in [-0.1, -0.05) is 18.2 Å². The van der Waals surface area contributed by atoms with E-state index < -0.39 is 16.0 Å². The van der Waals surface area contributed by atoms with Crippen molar-refractivity contribution < 1.29 is 22.7 Å². The summed E-state index contributed by atoms with van der Waals surface area (Å²) >= 11 is 0. The van der Waals surface area contributed by atoms with Crippen molar-refractivity contribution in [2.75, 3.05) is 31.1 Å². The summed E-state index contributed by atoms with van der Waals surface area (Å²) in [5.41, 5.74) is 1.06. The Labute approximate surface area is 140 Å². The van der Waals surface area contributed by atoms with Gasteiger partial charge in [0.05, 0.1) is 0 Å². The molecule has 24 heavy (non-hydrogen) atoms. The van der Waals surface area contributed by atoms with Gasteiger partial charge in [0, 0.05) is 37.9 Å². The number of aromatic carboxylic acids is 1. The highest BCUT2D eigenvalue weighted by Gasteiger charge is 2.32. The summed E-state index contributed by atoms with van der Waals surface area (Å²) in [6.07, 6.45) is 0. The lowest BCUT2D eigenvalue weighted by atomic mass is 10.2. The summed E-state index contributed by atoms with van der Waals surface area (Å²) < 4.78 is 31.9. The fourth-order valence-electron chi connectivity index (χ4n) is 2.79. The van der Waals surface area contributed by atoms with Gasteiger partial charge in [-0.15, -0.1) is 0 Å². The minimum atomic E-state index is -3.76. The van der Waals surface area contributed by atoms with E-state index in [-0.39, 0.29) is 16.4 Å². The fourth-order valence-corrected chi connectivity index (χ4v) is 4.37.